The molecule has 6 heteroatoms. The summed E-state index contributed by atoms with van der Waals surface area (Å²) in [7, 11) is -2.01. The van der Waals surface area contributed by atoms with Crippen molar-refractivity contribution in [3.05, 3.63) is 36.5 Å². The Labute approximate surface area is 146 Å². The molecule has 0 amide bonds. The zero-order chi connectivity index (χ0) is 17.8. The fourth-order valence-corrected chi connectivity index (χ4v) is 4.28. The van der Waals surface area contributed by atoms with Crippen LogP contribution in [0.15, 0.2) is 36.5 Å². The molecule has 0 N–H and O–H groups in total. The quantitative estimate of drug-likeness (QED) is 0.805. The molecule has 1 aliphatic heterocycles. The normalized spacial score (nSPS) is 19.7. The summed E-state index contributed by atoms with van der Waals surface area (Å²) in [5.74, 6) is 0. The third kappa shape index (κ3) is 2.98. The minimum absolute atomic E-state index is 0.344. The Bertz CT molecular complexity index is 719. The second-order valence-electron chi connectivity index (χ2n) is 8.55. The lowest BCUT2D eigenvalue weighted by Gasteiger charge is -2.32. The lowest BCUT2D eigenvalue weighted by atomic mass is 9.81. The maximum absolute atomic E-state index is 6.28. The number of rotatable bonds is 3. The van der Waals surface area contributed by atoms with Gasteiger partial charge in [0.2, 0.25) is 0 Å². The first kappa shape index (κ1) is 17.5. The van der Waals surface area contributed by atoms with Crippen molar-refractivity contribution in [1.29, 1.82) is 0 Å². The fourth-order valence-electron chi connectivity index (χ4n) is 2.83. The van der Waals surface area contributed by atoms with Crippen molar-refractivity contribution >= 4 is 26.0 Å². The second kappa shape index (κ2) is 5.58. The standard InChI is InChI=1S/C18H27BN2O2Si/c1-17(2)18(3,4)23-19(22-17)15-13-21(14-11-9-8-10-12-14)20-16(15)24(5,6)7/h8-13H,1-7H3. The zero-order valence-electron chi connectivity index (χ0n) is 15.8. The molecule has 1 fully saturated rings. The number of hydrogen-bond donors (Lipinski definition) is 0. The van der Waals surface area contributed by atoms with Crippen molar-refractivity contribution in [2.45, 2.75) is 58.5 Å². The van der Waals surface area contributed by atoms with Gasteiger partial charge in [0, 0.05) is 17.0 Å². The van der Waals surface area contributed by atoms with E-state index in [0.29, 0.717) is 0 Å². The lowest BCUT2D eigenvalue weighted by molar-refractivity contribution is 0.00578. The Morgan fingerprint density at radius 1 is 0.958 bits per heavy atom. The molecule has 0 unspecified atom stereocenters. The molecule has 24 heavy (non-hydrogen) atoms. The highest BCUT2D eigenvalue weighted by Crippen LogP contribution is 2.36. The molecular weight excluding hydrogens is 315 g/mol. The molecule has 0 radical (unpaired) electrons. The van der Waals surface area contributed by atoms with Crippen LogP contribution in [0.25, 0.3) is 5.69 Å². The Morgan fingerprint density at radius 2 is 1.50 bits per heavy atom. The first-order valence-electron chi connectivity index (χ1n) is 8.52. The van der Waals surface area contributed by atoms with Crippen molar-refractivity contribution in [1.82, 2.24) is 9.78 Å². The van der Waals surface area contributed by atoms with Crippen LogP contribution in [0.5, 0.6) is 0 Å². The highest BCUT2D eigenvalue weighted by Gasteiger charge is 2.53. The number of aromatic nitrogens is 2. The lowest BCUT2D eigenvalue weighted by Crippen LogP contribution is -2.53. The van der Waals surface area contributed by atoms with Crippen LogP contribution in [0.1, 0.15) is 27.7 Å². The van der Waals surface area contributed by atoms with Crippen molar-refractivity contribution < 1.29 is 9.31 Å². The van der Waals surface area contributed by atoms with Crippen molar-refractivity contribution in [2.24, 2.45) is 0 Å². The number of nitrogens with zero attached hydrogens (tertiary/aromatic N) is 2. The number of para-hydroxylation sites is 1. The van der Waals surface area contributed by atoms with E-state index in [4.69, 9.17) is 14.4 Å². The predicted octanol–water partition coefficient (Wildman–Crippen LogP) is 2.72. The Morgan fingerprint density at radius 3 is 2.00 bits per heavy atom. The molecule has 2 heterocycles. The topological polar surface area (TPSA) is 36.3 Å². The van der Waals surface area contributed by atoms with Gasteiger partial charge in [0.25, 0.3) is 0 Å². The van der Waals surface area contributed by atoms with Crippen molar-refractivity contribution in [3.8, 4) is 5.69 Å². The van der Waals surface area contributed by atoms with Crippen LogP contribution >= 0.6 is 0 Å². The van der Waals surface area contributed by atoms with Gasteiger partial charge in [0.15, 0.2) is 0 Å². The molecule has 4 nitrogen and oxygen atoms in total. The molecule has 0 aliphatic carbocycles. The molecule has 0 spiro atoms. The monoisotopic (exact) mass is 342 g/mol. The van der Waals surface area contributed by atoms with E-state index in [0.717, 1.165) is 16.5 Å². The van der Waals surface area contributed by atoms with Crippen LogP contribution in [0, 0.1) is 0 Å². The number of benzene rings is 1. The maximum Gasteiger partial charge on any atom is 0.497 e. The molecule has 3 rings (SSSR count). The van der Waals surface area contributed by atoms with E-state index in [1.807, 2.05) is 22.9 Å². The van der Waals surface area contributed by atoms with Gasteiger partial charge >= 0.3 is 7.12 Å². The van der Waals surface area contributed by atoms with Gasteiger partial charge in [-0.2, -0.15) is 5.10 Å². The summed E-state index contributed by atoms with van der Waals surface area (Å²) in [6.45, 7) is 15.3. The average Bonchev–Trinajstić information content (AvgIpc) is 2.99. The van der Waals surface area contributed by atoms with E-state index in [-0.39, 0.29) is 18.3 Å². The largest absolute Gasteiger partial charge is 0.497 e. The summed E-state index contributed by atoms with van der Waals surface area (Å²) < 4.78 is 14.5. The SMILES string of the molecule is CC1(C)OB(c2cn(-c3ccccc3)nc2[Si](C)(C)C)OC1(C)C. The number of hydrogen-bond acceptors (Lipinski definition) is 3. The minimum Gasteiger partial charge on any atom is -0.399 e. The zero-order valence-corrected chi connectivity index (χ0v) is 16.8. The van der Waals surface area contributed by atoms with Crippen LogP contribution in [-0.2, 0) is 9.31 Å². The summed E-state index contributed by atoms with van der Waals surface area (Å²) in [5, 5.41) is 6.05. The van der Waals surface area contributed by atoms with Gasteiger partial charge in [0.1, 0.15) is 8.07 Å². The Kier molecular flexibility index (Phi) is 4.06. The smallest absolute Gasteiger partial charge is 0.399 e. The molecule has 0 bridgehead atoms. The third-order valence-corrected chi connectivity index (χ3v) is 6.79. The van der Waals surface area contributed by atoms with Crippen LogP contribution in [0.3, 0.4) is 0 Å². The summed E-state index contributed by atoms with van der Waals surface area (Å²) in [6, 6.07) is 10.2. The molecule has 128 valence electrons. The van der Waals surface area contributed by atoms with Gasteiger partial charge < -0.3 is 9.31 Å². The first-order chi connectivity index (χ1) is 11.0. The van der Waals surface area contributed by atoms with E-state index in [1.165, 1.54) is 0 Å². The van der Waals surface area contributed by atoms with Gasteiger partial charge in [-0.25, -0.2) is 4.68 Å². The van der Waals surface area contributed by atoms with Gasteiger partial charge in [-0.15, -0.1) is 0 Å². The summed E-state index contributed by atoms with van der Waals surface area (Å²) >= 11 is 0. The van der Waals surface area contributed by atoms with E-state index in [1.54, 1.807) is 0 Å². The fraction of sp³-hybridized carbons (Fsp3) is 0.500. The Balaban J connectivity index is 2.06. The van der Waals surface area contributed by atoms with E-state index >= 15 is 0 Å². The summed E-state index contributed by atoms with van der Waals surface area (Å²) in [4.78, 5) is 0. The highest BCUT2D eigenvalue weighted by molar-refractivity contribution is 6.91. The van der Waals surface area contributed by atoms with Gasteiger partial charge in [0.05, 0.1) is 16.9 Å². The average molecular weight is 342 g/mol. The molecule has 0 saturated carbocycles. The molecule has 1 aliphatic rings. The molecule has 0 atom stereocenters. The Hall–Kier alpha value is -1.37. The maximum atomic E-state index is 6.28. The van der Waals surface area contributed by atoms with Crippen molar-refractivity contribution in [3.63, 3.8) is 0 Å². The van der Waals surface area contributed by atoms with Crippen LogP contribution < -0.4 is 10.8 Å². The molecule has 1 saturated heterocycles. The van der Waals surface area contributed by atoms with E-state index in [2.05, 4.69) is 65.7 Å². The van der Waals surface area contributed by atoms with Gasteiger partial charge in [-0.05, 0) is 39.8 Å². The molecule has 1 aromatic heterocycles. The van der Waals surface area contributed by atoms with Gasteiger partial charge in [-0.1, -0.05) is 37.8 Å². The molecule has 2 aromatic rings. The third-order valence-electron chi connectivity index (χ3n) is 4.98. The van der Waals surface area contributed by atoms with Crippen molar-refractivity contribution in [2.75, 3.05) is 0 Å². The molecular formula is C18H27BN2O2Si. The summed E-state index contributed by atoms with van der Waals surface area (Å²) in [6.07, 6.45) is 2.07. The van der Waals surface area contributed by atoms with Crippen LogP contribution in [-0.4, -0.2) is 36.2 Å². The minimum atomic E-state index is -1.64. The van der Waals surface area contributed by atoms with Crippen LogP contribution in [0.2, 0.25) is 19.6 Å². The highest BCUT2D eigenvalue weighted by atomic mass is 28.3. The predicted molar refractivity (Wildman–Crippen MR) is 102 cm³/mol. The van der Waals surface area contributed by atoms with E-state index in [9.17, 15) is 0 Å². The summed E-state index contributed by atoms with van der Waals surface area (Å²) in [5.41, 5.74) is 1.43. The first-order valence-corrected chi connectivity index (χ1v) is 12.0. The van der Waals surface area contributed by atoms with Gasteiger partial charge in [-0.3, -0.25) is 0 Å². The molecule has 1 aromatic carbocycles. The van der Waals surface area contributed by atoms with E-state index < -0.39 is 8.07 Å². The van der Waals surface area contributed by atoms with Crippen LogP contribution in [0.4, 0.5) is 0 Å². The second-order valence-corrected chi connectivity index (χ2v) is 13.5.